The van der Waals surface area contributed by atoms with Crippen molar-refractivity contribution in [3.63, 3.8) is 0 Å². The van der Waals surface area contributed by atoms with Crippen LogP contribution in [-0.4, -0.2) is 23.2 Å². The van der Waals surface area contributed by atoms with E-state index in [0.29, 0.717) is 6.54 Å². The number of nitrogens with zero attached hydrogens (tertiary/aromatic N) is 1. The number of pyridine rings is 1. The highest BCUT2D eigenvalue weighted by Gasteiger charge is 1.97. The van der Waals surface area contributed by atoms with Crippen LogP contribution in [0.15, 0.2) is 30.3 Å². The Morgan fingerprint density at radius 3 is 2.87 bits per heavy atom. The average molecular weight is 202 g/mol. The first-order valence-corrected chi connectivity index (χ1v) is 5.02. The summed E-state index contributed by atoms with van der Waals surface area (Å²) in [5.74, 6) is 0.808. The van der Waals surface area contributed by atoms with Gasteiger partial charge in [0.15, 0.2) is 0 Å². The quantitative estimate of drug-likeness (QED) is 0.799. The van der Waals surface area contributed by atoms with Gasteiger partial charge in [-0.25, -0.2) is 4.98 Å². The van der Waals surface area contributed by atoms with Crippen molar-refractivity contribution in [2.45, 2.75) is 6.92 Å². The predicted molar refractivity (Wildman–Crippen MR) is 62.1 cm³/mol. The Morgan fingerprint density at radius 1 is 1.27 bits per heavy atom. The van der Waals surface area contributed by atoms with Gasteiger partial charge < -0.3 is 10.4 Å². The largest absolute Gasteiger partial charge is 0.395 e. The maximum absolute atomic E-state index is 8.69. The van der Waals surface area contributed by atoms with E-state index in [9.17, 15) is 0 Å². The van der Waals surface area contributed by atoms with Crippen LogP contribution in [0.3, 0.4) is 0 Å². The first kappa shape index (κ1) is 9.93. The van der Waals surface area contributed by atoms with E-state index in [1.54, 1.807) is 0 Å². The lowest BCUT2D eigenvalue weighted by atomic mass is 10.1. The van der Waals surface area contributed by atoms with Crippen molar-refractivity contribution in [3.8, 4) is 0 Å². The molecule has 3 nitrogen and oxygen atoms in total. The van der Waals surface area contributed by atoms with Gasteiger partial charge in [-0.15, -0.1) is 0 Å². The third-order valence-corrected chi connectivity index (χ3v) is 2.27. The summed E-state index contributed by atoms with van der Waals surface area (Å²) in [6, 6.07) is 10.1. The molecule has 0 saturated carbocycles. The molecule has 15 heavy (non-hydrogen) atoms. The molecule has 1 aromatic carbocycles. The molecular formula is C12H14N2O. The van der Waals surface area contributed by atoms with Crippen molar-refractivity contribution in [1.82, 2.24) is 4.98 Å². The Bertz CT molecular complexity index is 468. The van der Waals surface area contributed by atoms with Gasteiger partial charge in [0, 0.05) is 11.9 Å². The lowest BCUT2D eigenvalue weighted by Crippen LogP contribution is -2.06. The van der Waals surface area contributed by atoms with Crippen molar-refractivity contribution in [1.29, 1.82) is 0 Å². The molecule has 0 spiro atoms. The van der Waals surface area contributed by atoms with Crippen LogP contribution < -0.4 is 5.32 Å². The average Bonchev–Trinajstić information content (AvgIpc) is 2.25. The molecule has 0 atom stereocenters. The molecule has 0 amide bonds. The van der Waals surface area contributed by atoms with E-state index >= 15 is 0 Å². The van der Waals surface area contributed by atoms with E-state index in [-0.39, 0.29) is 6.61 Å². The van der Waals surface area contributed by atoms with Gasteiger partial charge in [0.2, 0.25) is 0 Å². The lowest BCUT2D eigenvalue weighted by molar-refractivity contribution is 0.311. The normalized spacial score (nSPS) is 10.5. The van der Waals surface area contributed by atoms with Crippen molar-refractivity contribution in [3.05, 3.63) is 35.9 Å². The molecular weight excluding hydrogens is 188 g/mol. The van der Waals surface area contributed by atoms with Crippen LogP contribution in [-0.2, 0) is 0 Å². The molecule has 2 rings (SSSR count). The van der Waals surface area contributed by atoms with E-state index in [1.165, 1.54) is 5.56 Å². The second-order valence-electron chi connectivity index (χ2n) is 3.54. The fourth-order valence-electron chi connectivity index (χ4n) is 1.51. The minimum absolute atomic E-state index is 0.119. The van der Waals surface area contributed by atoms with Gasteiger partial charge in [-0.3, -0.25) is 0 Å². The molecule has 2 N–H and O–H groups in total. The number of aliphatic hydroxyl groups is 1. The van der Waals surface area contributed by atoms with Crippen molar-refractivity contribution >= 4 is 16.7 Å². The molecule has 0 saturated heterocycles. The number of nitrogens with one attached hydrogen (secondary N) is 1. The fourth-order valence-corrected chi connectivity index (χ4v) is 1.51. The van der Waals surface area contributed by atoms with Crippen LogP contribution in [0.5, 0.6) is 0 Å². The fraction of sp³-hybridized carbons (Fsp3) is 0.250. The number of fused-ring (bicyclic) bond motifs is 1. The van der Waals surface area contributed by atoms with Gasteiger partial charge in [0.25, 0.3) is 0 Å². The molecule has 0 fully saturated rings. The molecule has 0 radical (unpaired) electrons. The third kappa shape index (κ3) is 2.25. The summed E-state index contributed by atoms with van der Waals surface area (Å²) in [5.41, 5.74) is 2.19. The number of aryl methyl sites for hydroxylation is 1. The van der Waals surface area contributed by atoms with E-state index in [1.807, 2.05) is 12.1 Å². The van der Waals surface area contributed by atoms with E-state index < -0.39 is 0 Å². The summed E-state index contributed by atoms with van der Waals surface area (Å²) in [7, 11) is 0. The monoisotopic (exact) mass is 202 g/mol. The van der Waals surface area contributed by atoms with Crippen LogP contribution in [0.1, 0.15) is 5.56 Å². The van der Waals surface area contributed by atoms with Gasteiger partial charge >= 0.3 is 0 Å². The van der Waals surface area contributed by atoms with Crippen LogP contribution in [0.2, 0.25) is 0 Å². The summed E-state index contributed by atoms with van der Waals surface area (Å²) in [5, 5.41) is 12.9. The first-order valence-electron chi connectivity index (χ1n) is 5.02. The predicted octanol–water partition coefficient (Wildman–Crippen LogP) is 1.95. The first-order chi connectivity index (χ1) is 7.29. The van der Waals surface area contributed by atoms with Gasteiger partial charge in [0.1, 0.15) is 5.82 Å². The van der Waals surface area contributed by atoms with Crippen molar-refractivity contribution in [2.75, 3.05) is 18.5 Å². The smallest absolute Gasteiger partial charge is 0.126 e. The van der Waals surface area contributed by atoms with Crippen molar-refractivity contribution in [2.24, 2.45) is 0 Å². The minimum atomic E-state index is 0.119. The van der Waals surface area contributed by atoms with Crippen LogP contribution in [0, 0.1) is 6.92 Å². The van der Waals surface area contributed by atoms with Crippen LogP contribution in [0.4, 0.5) is 5.82 Å². The highest BCUT2D eigenvalue weighted by molar-refractivity contribution is 5.80. The van der Waals surface area contributed by atoms with Gasteiger partial charge in [0.05, 0.1) is 12.1 Å². The van der Waals surface area contributed by atoms with Gasteiger partial charge in [-0.05, 0) is 30.7 Å². The van der Waals surface area contributed by atoms with E-state index in [0.717, 1.165) is 16.7 Å². The Balaban J connectivity index is 2.36. The molecule has 3 heteroatoms. The van der Waals surface area contributed by atoms with Gasteiger partial charge in [-0.1, -0.05) is 12.1 Å². The van der Waals surface area contributed by atoms with Crippen LogP contribution in [0.25, 0.3) is 10.9 Å². The number of anilines is 1. The standard InChI is InChI=1S/C12H14N2O/c1-9-2-3-10-4-5-12(13-6-7-15)14-11(10)8-9/h2-5,8,15H,6-7H2,1H3,(H,13,14). The molecule has 0 bridgehead atoms. The molecule has 1 aromatic heterocycles. The lowest BCUT2D eigenvalue weighted by Gasteiger charge is -2.05. The van der Waals surface area contributed by atoms with Crippen LogP contribution >= 0.6 is 0 Å². The molecule has 0 aliphatic carbocycles. The highest BCUT2D eigenvalue weighted by atomic mass is 16.3. The molecule has 0 aliphatic rings. The summed E-state index contributed by atoms with van der Waals surface area (Å²) < 4.78 is 0. The number of aromatic nitrogens is 1. The maximum Gasteiger partial charge on any atom is 0.126 e. The summed E-state index contributed by atoms with van der Waals surface area (Å²) in [6.45, 7) is 2.70. The second-order valence-corrected chi connectivity index (χ2v) is 3.54. The SMILES string of the molecule is Cc1ccc2ccc(NCCO)nc2c1. The molecule has 0 unspecified atom stereocenters. The number of rotatable bonds is 3. The zero-order valence-corrected chi connectivity index (χ0v) is 8.70. The van der Waals surface area contributed by atoms with E-state index in [2.05, 4.69) is 35.4 Å². The minimum Gasteiger partial charge on any atom is -0.395 e. The molecule has 0 aliphatic heterocycles. The van der Waals surface area contributed by atoms with Gasteiger partial charge in [-0.2, -0.15) is 0 Å². The topological polar surface area (TPSA) is 45.1 Å². The number of hydrogen-bond donors (Lipinski definition) is 2. The zero-order valence-electron chi connectivity index (χ0n) is 8.70. The molecule has 78 valence electrons. The zero-order chi connectivity index (χ0) is 10.7. The number of benzene rings is 1. The number of aliphatic hydroxyl groups excluding tert-OH is 1. The Morgan fingerprint density at radius 2 is 2.07 bits per heavy atom. The summed E-state index contributed by atoms with van der Waals surface area (Å²) in [4.78, 5) is 4.45. The summed E-state index contributed by atoms with van der Waals surface area (Å²) >= 11 is 0. The highest BCUT2D eigenvalue weighted by Crippen LogP contribution is 2.16. The van der Waals surface area contributed by atoms with Crippen molar-refractivity contribution < 1.29 is 5.11 Å². The maximum atomic E-state index is 8.69. The van der Waals surface area contributed by atoms with E-state index in [4.69, 9.17) is 5.11 Å². The summed E-state index contributed by atoms with van der Waals surface area (Å²) in [6.07, 6.45) is 0. The Labute approximate surface area is 88.8 Å². The molecule has 1 heterocycles. The second kappa shape index (κ2) is 4.28. The Hall–Kier alpha value is -1.61. The Kier molecular flexibility index (Phi) is 2.83. The number of hydrogen-bond acceptors (Lipinski definition) is 3. The molecule has 2 aromatic rings. The third-order valence-electron chi connectivity index (χ3n) is 2.27.